The SMILES string of the molecule is N#CS[C@H](c1ccccc1)[C@H](C#N)C=O. The molecule has 0 saturated heterocycles. The number of hydrogen-bond donors (Lipinski definition) is 0. The number of aldehydes is 1. The Morgan fingerprint density at radius 3 is 2.40 bits per heavy atom. The minimum atomic E-state index is -0.781. The molecule has 74 valence electrons. The van der Waals surface area contributed by atoms with Crippen LogP contribution in [0.4, 0.5) is 0 Å². The number of benzene rings is 1. The summed E-state index contributed by atoms with van der Waals surface area (Å²) in [5, 5.41) is 18.9. The van der Waals surface area contributed by atoms with E-state index in [1.54, 1.807) is 0 Å². The highest BCUT2D eigenvalue weighted by atomic mass is 32.2. The zero-order valence-electron chi connectivity index (χ0n) is 7.83. The first-order valence-electron chi connectivity index (χ1n) is 4.28. The van der Waals surface area contributed by atoms with Gasteiger partial charge in [0.05, 0.1) is 11.3 Å². The first kappa shape index (κ1) is 11.3. The summed E-state index contributed by atoms with van der Waals surface area (Å²) in [5.41, 5.74) is 0.822. The van der Waals surface area contributed by atoms with Crippen molar-refractivity contribution >= 4 is 18.0 Å². The molecule has 3 nitrogen and oxygen atoms in total. The molecule has 0 amide bonds. The van der Waals surface area contributed by atoms with Gasteiger partial charge in [0, 0.05) is 0 Å². The van der Waals surface area contributed by atoms with E-state index in [1.165, 1.54) is 0 Å². The van der Waals surface area contributed by atoms with Gasteiger partial charge in [0.1, 0.15) is 17.6 Å². The van der Waals surface area contributed by atoms with Gasteiger partial charge in [-0.3, -0.25) is 0 Å². The van der Waals surface area contributed by atoms with Crippen molar-refractivity contribution in [3.63, 3.8) is 0 Å². The predicted octanol–water partition coefficient (Wildman–Crippen LogP) is 2.28. The van der Waals surface area contributed by atoms with Gasteiger partial charge in [-0.25, -0.2) is 0 Å². The Balaban J connectivity index is 2.99. The van der Waals surface area contributed by atoms with E-state index >= 15 is 0 Å². The molecule has 0 bridgehead atoms. The van der Waals surface area contributed by atoms with Crippen LogP contribution in [-0.4, -0.2) is 6.29 Å². The second-order valence-electron chi connectivity index (χ2n) is 2.83. The van der Waals surface area contributed by atoms with Gasteiger partial charge < -0.3 is 4.79 Å². The van der Waals surface area contributed by atoms with Crippen LogP contribution in [0.2, 0.25) is 0 Å². The van der Waals surface area contributed by atoms with Crippen LogP contribution in [0.1, 0.15) is 10.8 Å². The lowest BCUT2D eigenvalue weighted by Gasteiger charge is -2.13. The number of thioether (sulfide) groups is 1. The molecule has 1 aromatic rings. The van der Waals surface area contributed by atoms with E-state index in [0.717, 1.165) is 17.3 Å². The lowest BCUT2D eigenvalue weighted by atomic mass is 10.0. The van der Waals surface area contributed by atoms with Crippen LogP contribution < -0.4 is 0 Å². The van der Waals surface area contributed by atoms with Crippen molar-refractivity contribution in [1.82, 2.24) is 0 Å². The molecular weight excluding hydrogens is 208 g/mol. The van der Waals surface area contributed by atoms with Crippen molar-refractivity contribution in [3.8, 4) is 11.5 Å². The largest absolute Gasteiger partial charge is 0.302 e. The van der Waals surface area contributed by atoms with Crippen molar-refractivity contribution < 1.29 is 4.79 Å². The van der Waals surface area contributed by atoms with Crippen molar-refractivity contribution in [3.05, 3.63) is 35.9 Å². The molecule has 1 rings (SSSR count). The summed E-state index contributed by atoms with van der Waals surface area (Å²) in [6.07, 6.45) is 0.585. The fourth-order valence-electron chi connectivity index (χ4n) is 1.22. The van der Waals surface area contributed by atoms with E-state index in [1.807, 2.05) is 41.8 Å². The summed E-state index contributed by atoms with van der Waals surface area (Å²) < 4.78 is 0. The van der Waals surface area contributed by atoms with E-state index in [2.05, 4.69) is 0 Å². The second kappa shape index (κ2) is 5.85. The molecule has 0 heterocycles. The Hall–Kier alpha value is -1.78. The van der Waals surface area contributed by atoms with E-state index in [0.29, 0.717) is 6.29 Å². The molecule has 4 heteroatoms. The van der Waals surface area contributed by atoms with Crippen LogP contribution >= 0.6 is 11.8 Å². The van der Waals surface area contributed by atoms with E-state index in [4.69, 9.17) is 10.5 Å². The van der Waals surface area contributed by atoms with Gasteiger partial charge in [0.15, 0.2) is 0 Å². The third kappa shape index (κ3) is 2.83. The summed E-state index contributed by atoms with van der Waals surface area (Å²) in [5.74, 6) is -0.781. The van der Waals surface area contributed by atoms with Crippen LogP contribution in [-0.2, 0) is 4.79 Å². The number of nitriles is 2. The van der Waals surface area contributed by atoms with Crippen LogP contribution in [0.3, 0.4) is 0 Å². The molecule has 0 radical (unpaired) electrons. The molecule has 0 aromatic heterocycles. The highest BCUT2D eigenvalue weighted by Crippen LogP contribution is 2.33. The van der Waals surface area contributed by atoms with Gasteiger partial charge >= 0.3 is 0 Å². The first-order valence-corrected chi connectivity index (χ1v) is 5.16. The van der Waals surface area contributed by atoms with Crippen LogP contribution in [0.25, 0.3) is 0 Å². The van der Waals surface area contributed by atoms with Gasteiger partial charge in [-0.05, 0) is 17.3 Å². The number of carbonyl (C=O) groups excluding carboxylic acids is 1. The van der Waals surface area contributed by atoms with Gasteiger partial charge in [0.25, 0.3) is 0 Å². The summed E-state index contributed by atoms with van der Waals surface area (Å²) in [6.45, 7) is 0. The number of nitrogens with zero attached hydrogens (tertiary/aromatic N) is 2. The highest BCUT2D eigenvalue weighted by molar-refractivity contribution is 8.04. The zero-order valence-corrected chi connectivity index (χ0v) is 8.65. The minimum Gasteiger partial charge on any atom is -0.302 e. The summed E-state index contributed by atoms with van der Waals surface area (Å²) in [6, 6.07) is 11.0. The summed E-state index contributed by atoms with van der Waals surface area (Å²) in [4.78, 5) is 10.7. The topological polar surface area (TPSA) is 64.7 Å². The average molecular weight is 216 g/mol. The molecular formula is C11H8N2OS. The molecule has 0 unspecified atom stereocenters. The third-order valence-corrected chi connectivity index (χ3v) is 2.85. The Morgan fingerprint density at radius 2 is 1.93 bits per heavy atom. The molecule has 2 atom stereocenters. The van der Waals surface area contributed by atoms with E-state index in [-0.39, 0.29) is 0 Å². The minimum absolute atomic E-state index is 0.404. The fraction of sp³-hybridized carbons (Fsp3) is 0.182. The number of carbonyl (C=O) groups is 1. The molecule has 0 saturated carbocycles. The standard InChI is InChI=1S/C11H8N2OS/c12-6-10(7-14)11(15-8-13)9-4-2-1-3-5-9/h1-5,7,10-11H/t10-,11-/m1/s1. The van der Waals surface area contributed by atoms with Crippen LogP contribution in [0.15, 0.2) is 30.3 Å². The Labute approximate surface area is 92.3 Å². The quantitative estimate of drug-likeness (QED) is 0.572. The first-order chi connectivity index (χ1) is 7.33. The lowest BCUT2D eigenvalue weighted by molar-refractivity contribution is -0.109. The smallest absolute Gasteiger partial charge is 0.138 e. The van der Waals surface area contributed by atoms with Gasteiger partial charge in [-0.2, -0.15) is 10.5 Å². The molecule has 15 heavy (non-hydrogen) atoms. The van der Waals surface area contributed by atoms with E-state index in [9.17, 15) is 4.79 Å². The molecule has 1 aromatic carbocycles. The third-order valence-electron chi connectivity index (χ3n) is 1.93. The maximum absolute atomic E-state index is 10.7. The lowest BCUT2D eigenvalue weighted by Crippen LogP contribution is -2.08. The Kier molecular flexibility index (Phi) is 4.40. The molecule has 0 aliphatic rings. The van der Waals surface area contributed by atoms with Gasteiger partial charge in [-0.15, -0.1) is 0 Å². The highest BCUT2D eigenvalue weighted by Gasteiger charge is 2.23. The van der Waals surface area contributed by atoms with Crippen LogP contribution in [0.5, 0.6) is 0 Å². The summed E-state index contributed by atoms with van der Waals surface area (Å²) >= 11 is 0.939. The van der Waals surface area contributed by atoms with Crippen molar-refractivity contribution in [2.75, 3.05) is 0 Å². The van der Waals surface area contributed by atoms with Gasteiger partial charge in [0.2, 0.25) is 0 Å². The zero-order chi connectivity index (χ0) is 11.1. The molecule has 0 aliphatic carbocycles. The molecule has 0 aliphatic heterocycles. The van der Waals surface area contributed by atoms with E-state index < -0.39 is 11.2 Å². The normalized spacial score (nSPS) is 13.2. The molecule has 0 N–H and O–H groups in total. The number of thiocyanates is 1. The fourth-order valence-corrected chi connectivity index (χ4v) is 1.90. The van der Waals surface area contributed by atoms with Crippen molar-refractivity contribution in [1.29, 1.82) is 10.5 Å². The van der Waals surface area contributed by atoms with Crippen molar-refractivity contribution in [2.24, 2.45) is 5.92 Å². The van der Waals surface area contributed by atoms with Crippen LogP contribution in [0, 0.1) is 27.9 Å². The monoisotopic (exact) mass is 216 g/mol. The maximum Gasteiger partial charge on any atom is 0.138 e. The average Bonchev–Trinajstić information content (AvgIpc) is 2.30. The predicted molar refractivity (Wildman–Crippen MR) is 57.6 cm³/mol. The number of rotatable bonds is 4. The Morgan fingerprint density at radius 1 is 1.27 bits per heavy atom. The number of hydrogen-bond acceptors (Lipinski definition) is 4. The second-order valence-corrected chi connectivity index (χ2v) is 3.76. The maximum atomic E-state index is 10.7. The van der Waals surface area contributed by atoms with Gasteiger partial charge in [-0.1, -0.05) is 30.3 Å². The summed E-state index contributed by atoms with van der Waals surface area (Å²) in [7, 11) is 0. The van der Waals surface area contributed by atoms with Crippen molar-refractivity contribution in [2.45, 2.75) is 5.25 Å². The Bertz CT molecular complexity index is 405. The molecule has 0 fully saturated rings. The molecule has 0 spiro atoms.